The van der Waals surface area contributed by atoms with Crippen molar-refractivity contribution < 1.29 is 0 Å². The number of hydrogen-bond acceptors (Lipinski definition) is 6. The number of nitrogens with zero attached hydrogens (tertiary/aromatic N) is 2. The number of likely N-dealkylation sites (N-methyl/N-ethyl adjacent to an activating group) is 3. The first-order chi connectivity index (χ1) is 36.5. The first-order valence-corrected chi connectivity index (χ1v) is 25.2. The van der Waals surface area contributed by atoms with Crippen molar-refractivity contribution in [2.45, 2.75) is 34.6 Å². The molecule has 0 bridgehead atoms. The van der Waals surface area contributed by atoms with Gasteiger partial charge < -0.3 is 21.3 Å². The largest absolute Gasteiger partial charge is 0.394 e. The van der Waals surface area contributed by atoms with Crippen molar-refractivity contribution >= 4 is 27.9 Å². The second-order valence-electron chi connectivity index (χ2n) is 17.4. The predicted molar refractivity (Wildman–Crippen MR) is 330 cm³/mol. The van der Waals surface area contributed by atoms with Gasteiger partial charge in [0.15, 0.2) is 5.82 Å². The van der Waals surface area contributed by atoms with E-state index in [-0.39, 0.29) is 5.92 Å². The lowest BCUT2D eigenvalue weighted by Crippen LogP contribution is -2.07. The van der Waals surface area contributed by atoms with Gasteiger partial charge in [0.1, 0.15) is 0 Å². The fraction of sp³-hybridized carbons (Fsp3) is 0.159. The summed E-state index contributed by atoms with van der Waals surface area (Å²) in [5, 5.41) is 12.7. The summed E-state index contributed by atoms with van der Waals surface area (Å²) in [5.41, 5.74) is 19.2. The van der Waals surface area contributed by atoms with Crippen LogP contribution < -0.4 is 21.3 Å². The van der Waals surface area contributed by atoms with Crippen molar-refractivity contribution in [1.82, 2.24) is 31.2 Å². The molecule has 382 valence electrons. The highest BCUT2D eigenvalue weighted by Gasteiger charge is 2.15. The molecule has 0 unspecified atom stereocenters. The third kappa shape index (κ3) is 17.5. The van der Waals surface area contributed by atoms with Gasteiger partial charge in [-0.05, 0) is 175 Å². The number of nitrogens with one attached hydrogen (secondary N) is 4. The molecule has 0 saturated heterocycles. The van der Waals surface area contributed by atoms with Gasteiger partial charge in [0.25, 0.3) is 0 Å². The minimum atomic E-state index is 0.0357. The third-order valence-electron chi connectivity index (χ3n) is 12.2. The van der Waals surface area contributed by atoms with Crippen LogP contribution in [0.15, 0.2) is 243 Å². The summed E-state index contributed by atoms with van der Waals surface area (Å²) in [6, 6.07) is 36.9. The van der Waals surface area contributed by atoms with Gasteiger partial charge in [0, 0.05) is 56.1 Å². The molecule has 75 heavy (non-hydrogen) atoms. The summed E-state index contributed by atoms with van der Waals surface area (Å²) in [4.78, 5) is 10.4. The summed E-state index contributed by atoms with van der Waals surface area (Å²) in [7, 11) is 7.74. The van der Waals surface area contributed by atoms with E-state index in [0.717, 1.165) is 85.0 Å². The minimum absolute atomic E-state index is 0.0357. The van der Waals surface area contributed by atoms with Crippen molar-refractivity contribution in [2.75, 3.05) is 34.7 Å². The molecule has 0 spiro atoms. The molecule has 0 saturated carbocycles. The van der Waals surface area contributed by atoms with Crippen LogP contribution >= 0.6 is 0 Å². The second-order valence-corrected chi connectivity index (χ2v) is 17.4. The van der Waals surface area contributed by atoms with Gasteiger partial charge in [-0.1, -0.05) is 159 Å². The summed E-state index contributed by atoms with van der Waals surface area (Å²) >= 11 is 0. The zero-order valence-electron chi connectivity index (χ0n) is 45.6. The molecule has 0 radical (unpaired) electrons. The van der Waals surface area contributed by atoms with E-state index in [4.69, 9.17) is 9.97 Å². The van der Waals surface area contributed by atoms with Crippen LogP contribution in [0.1, 0.15) is 62.8 Å². The van der Waals surface area contributed by atoms with Crippen LogP contribution in [-0.2, 0) is 0 Å². The van der Waals surface area contributed by atoms with E-state index in [1.54, 1.807) is 6.08 Å². The van der Waals surface area contributed by atoms with Crippen LogP contribution in [0.2, 0.25) is 0 Å². The topological polar surface area (TPSA) is 73.9 Å². The maximum absolute atomic E-state index is 5.19. The highest BCUT2D eigenvalue weighted by molar-refractivity contribution is 5.86. The Bertz CT molecular complexity index is 3110. The van der Waals surface area contributed by atoms with Crippen LogP contribution in [0.4, 0.5) is 0 Å². The SMILES string of the molecule is C#C.C/C=C/NC.C=C/C=C\C(=C/C)c1nc(/C(C)=C/C(=C\C=C)c2cccc(/C(C)=C/C(=C\C=C)C3C=C(NC)C=CC(NC)=C3)c2)cc(-c2cccc(-c3cccc(-c4cccc(/C(C)=C/CNC)c4)c3)c2)n1. The van der Waals surface area contributed by atoms with Gasteiger partial charge in [0.05, 0.1) is 11.4 Å². The van der Waals surface area contributed by atoms with E-state index < -0.39 is 0 Å². The van der Waals surface area contributed by atoms with Crippen LogP contribution in [0.5, 0.6) is 0 Å². The number of hydrogen-bond donors (Lipinski definition) is 4. The standard InChI is InChI=1S/C63H65N5.C4H9N.C2H2/c1-11-15-22-47(14-4)63-67-61(43-62(68-63)57-30-19-29-56(40-57)55-28-18-27-54(39-55)53-26-16-23-48(37-53)44(5)33-34-64-8)46(7)36-50(20-12-2)52-25-17-24-49(38-52)45(6)35-51(21-13-3)58-41-59(65-9)31-32-60(42-58)66-10;1-3-4-5-2;1-2/h11-33,35-43,58,64-66H,1-3,34H2,4-10H3;3-5H,1-2H3;1-2H/b22-15-,44-33+,45-35+,46-36+,47-14+,50-20+,51-21+;4-3+;. The van der Waals surface area contributed by atoms with E-state index in [1.807, 2.05) is 84.7 Å². The Morgan fingerprint density at radius 1 is 0.600 bits per heavy atom. The molecular weight excluding hydrogens is 913 g/mol. The van der Waals surface area contributed by atoms with E-state index in [1.165, 1.54) is 22.3 Å². The lowest BCUT2D eigenvalue weighted by Gasteiger charge is -2.14. The molecule has 5 aromatic rings. The molecule has 1 aromatic heterocycles. The van der Waals surface area contributed by atoms with Crippen molar-refractivity contribution in [3.05, 3.63) is 271 Å². The molecule has 6 nitrogen and oxygen atoms in total. The van der Waals surface area contributed by atoms with Crippen molar-refractivity contribution in [1.29, 1.82) is 0 Å². The Hall–Kier alpha value is -8.76. The molecular formula is C69H76N6. The Labute approximate surface area is 450 Å². The Kier molecular flexibility index (Phi) is 24.8. The van der Waals surface area contributed by atoms with Gasteiger partial charge >= 0.3 is 0 Å². The molecule has 1 aliphatic rings. The summed E-state index contributed by atoms with van der Waals surface area (Å²) in [5.74, 6) is 0.670. The lowest BCUT2D eigenvalue weighted by molar-refractivity contribution is 0.920. The normalized spacial score (nSPS) is 13.6. The first-order valence-electron chi connectivity index (χ1n) is 25.2. The maximum Gasteiger partial charge on any atom is 0.160 e. The van der Waals surface area contributed by atoms with Gasteiger partial charge in [-0.25, -0.2) is 9.97 Å². The average Bonchev–Trinajstić information content (AvgIpc) is 3.68. The number of terminal acetylenes is 1. The fourth-order valence-corrected chi connectivity index (χ4v) is 8.20. The van der Waals surface area contributed by atoms with E-state index in [0.29, 0.717) is 5.82 Å². The number of rotatable bonds is 20. The van der Waals surface area contributed by atoms with Crippen LogP contribution in [-0.4, -0.2) is 44.7 Å². The quantitative estimate of drug-likeness (QED) is 0.0460. The Balaban J connectivity index is 0.00000164. The summed E-state index contributed by atoms with van der Waals surface area (Å²) in [6.07, 6.45) is 42.7. The van der Waals surface area contributed by atoms with E-state index >= 15 is 0 Å². The molecule has 1 aliphatic carbocycles. The van der Waals surface area contributed by atoms with E-state index in [2.05, 4.69) is 232 Å². The Morgan fingerprint density at radius 2 is 1.16 bits per heavy atom. The Morgan fingerprint density at radius 3 is 1.71 bits per heavy atom. The fourth-order valence-electron chi connectivity index (χ4n) is 8.20. The van der Waals surface area contributed by atoms with Crippen LogP contribution in [0.3, 0.4) is 0 Å². The van der Waals surface area contributed by atoms with Gasteiger partial charge in [-0.3, -0.25) is 0 Å². The van der Waals surface area contributed by atoms with Crippen molar-refractivity contribution in [2.24, 2.45) is 5.92 Å². The summed E-state index contributed by atoms with van der Waals surface area (Å²) < 4.78 is 0. The second kappa shape index (κ2) is 31.6. The number of benzene rings is 4. The van der Waals surface area contributed by atoms with Crippen LogP contribution in [0, 0.1) is 18.8 Å². The van der Waals surface area contributed by atoms with Crippen molar-refractivity contribution in [3.63, 3.8) is 0 Å². The number of allylic oxidation sites excluding steroid dienone is 21. The molecule has 0 amide bonds. The van der Waals surface area contributed by atoms with Gasteiger partial charge in [-0.15, -0.1) is 12.8 Å². The molecule has 6 rings (SSSR count). The molecule has 0 fully saturated rings. The minimum Gasteiger partial charge on any atom is -0.394 e. The lowest BCUT2D eigenvalue weighted by atomic mass is 9.92. The maximum atomic E-state index is 5.19. The molecule has 4 N–H and O–H groups in total. The van der Waals surface area contributed by atoms with E-state index in [9.17, 15) is 0 Å². The molecule has 4 aromatic carbocycles. The van der Waals surface area contributed by atoms with Crippen LogP contribution in [0.25, 0.3) is 61.4 Å². The summed E-state index contributed by atoms with van der Waals surface area (Å²) in [6.45, 7) is 23.3. The zero-order valence-corrected chi connectivity index (χ0v) is 45.6. The predicted octanol–water partition coefficient (Wildman–Crippen LogP) is 15.8. The molecule has 0 aliphatic heterocycles. The van der Waals surface area contributed by atoms with Gasteiger partial charge in [-0.2, -0.15) is 0 Å². The first kappa shape index (κ1) is 58.8. The van der Waals surface area contributed by atoms with Gasteiger partial charge in [0.2, 0.25) is 0 Å². The highest BCUT2D eigenvalue weighted by Crippen LogP contribution is 2.33. The molecule has 6 heteroatoms. The average molecular weight is 989 g/mol. The molecule has 0 atom stereocenters. The molecule has 1 heterocycles. The third-order valence-corrected chi connectivity index (χ3v) is 12.2. The smallest absolute Gasteiger partial charge is 0.160 e. The highest BCUT2D eigenvalue weighted by atomic mass is 14.9. The number of aromatic nitrogens is 2. The van der Waals surface area contributed by atoms with Crippen molar-refractivity contribution in [3.8, 4) is 46.4 Å². The zero-order chi connectivity index (χ0) is 54.5. The monoisotopic (exact) mass is 989 g/mol.